The van der Waals surface area contributed by atoms with Gasteiger partial charge < -0.3 is 0 Å². The van der Waals surface area contributed by atoms with Gasteiger partial charge >= 0.3 is 0 Å². The van der Waals surface area contributed by atoms with Crippen LogP contribution in [0.15, 0.2) is 18.2 Å². The van der Waals surface area contributed by atoms with Crippen molar-refractivity contribution in [3.63, 3.8) is 0 Å². The lowest BCUT2D eigenvalue weighted by molar-refractivity contribution is -0.384. The molecule has 0 aliphatic carbocycles. The Kier molecular flexibility index (Phi) is 4.26. The van der Waals surface area contributed by atoms with Gasteiger partial charge in [-0.1, -0.05) is 11.6 Å². The van der Waals surface area contributed by atoms with E-state index < -0.39 is 4.92 Å². The molecule has 0 N–H and O–H groups in total. The van der Waals surface area contributed by atoms with E-state index in [-0.39, 0.29) is 11.1 Å². The summed E-state index contributed by atoms with van der Waals surface area (Å²) in [5.41, 5.74) is 0.669. The Bertz CT molecular complexity index is 560. The molecule has 5 nitrogen and oxygen atoms in total. The van der Waals surface area contributed by atoms with Crippen LogP contribution < -0.4 is 0 Å². The second kappa shape index (κ2) is 5.78. The topological polar surface area (TPSA) is 70.2 Å². The Hall–Kier alpha value is -1.64. The van der Waals surface area contributed by atoms with Gasteiger partial charge in [-0.05, 0) is 44.5 Å². The fraction of sp³-hybridized carbons (Fsp3) is 0.500. The van der Waals surface area contributed by atoms with Gasteiger partial charge in [0, 0.05) is 18.7 Å². The quantitative estimate of drug-likeness (QED) is 0.633. The van der Waals surface area contributed by atoms with Gasteiger partial charge in [-0.25, -0.2) is 0 Å². The van der Waals surface area contributed by atoms with Crippen molar-refractivity contribution < 1.29 is 4.92 Å². The Morgan fingerprint density at radius 1 is 1.50 bits per heavy atom. The minimum absolute atomic E-state index is 0.00875. The fourth-order valence-electron chi connectivity index (χ4n) is 2.34. The molecule has 0 atom stereocenters. The summed E-state index contributed by atoms with van der Waals surface area (Å²) in [4.78, 5) is 12.4. The number of likely N-dealkylation sites (tertiary alicyclic amines) is 1. The van der Waals surface area contributed by atoms with Crippen molar-refractivity contribution >= 4 is 17.3 Å². The van der Waals surface area contributed by atoms with Crippen molar-refractivity contribution in [1.82, 2.24) is 4.90 Å². The number of non-ortho nitro benzene ring substituents is 1. The number of benzene rings is 1. The molecular weight excluding hydrogens is 278 g/mol. The van der Waals surface area contributed by atoms with E-state index >= 15 is 0 Å². The first kappa shape index (κ1) is 14.8. The molecule has 1 aliphatic rings. The summed E-state index contributed by atoms with van der Waals surface area (Å²) < 4.78 is 0. The molecule has 0 unspecified atom stereocenters. The van der Waals surface area contributed by atoms with Gasteiger partial charge in [-0.3, -0.25) is 15.0 Å². The lowest BCUT2D eigenvalue weighted by atomic mass is 9.82. The zero-order chi connectivity index (χ0) is 14.8. The summed E-state index contributed by atoms with van der Waals surface area (Å²) >= 11 is 6.09. The smallest absolute Gasteiger partial charge is 0.270 e. The highest BCUT2D eigenvalue weighted by Crippen LogP contribution is 2.31. The second-order valence-corrected chi connectivity index (χ2v) is 5.89. The van der Waals surface area contributed by atoms with Crippen molar-refractivity contribution in [2.45, 2.75) is 26.3 Å². The molecule has 2 rings (SSSR count). The van der Waals surface area contributed by atoms with Crippen LogP contribution >= 0.6 is 11.6 Å². The highest BCUT2D eigenvalue weighted by atomic mass is 35.5. The van der Waals surface area contributed by atoms with E-state index in [1.54, 1.807) is 6.07 Å². The van der Waals surface area contributed by atoms with E-state index in [2.05, 4.69) is 11.0 Å². The first-order chi connectivity index (χ1) is 9.43. The molecule has 1 heterocycles. The van der Waals surface area contributed by atoms with E-state index in [0.717, 1.165) is 31.5 Å². The standard InChI is InChI=1S/C14H16ClN3O2/c1-14(10-16)4-6-17(7-5-14)9-11-2-3-12(18(19)20)8-13(11)15/h2-3,8H,4-7,9H2,1H3. The summed E-state index contributed by atoms with van der Waals surface area (Å²) in [5, 5.41) is 20.2. The summed E-state index contributed by atoms with van der Waals surface area (Å²) in [6, 6.07) is 6.94. The Morgan fingerprint density at radius 2 is 2.15 bits per heavy atom. The fourth-order valence-corrected chi connectivity index (χ4v) is 2.57. The summed E-state index contributed by atoms with van der Waals surface area (Å²) in [6.45, 7) is 4.34. The SMILES string of the molecule is CC1(C#N)CCN(Cc2ccc([N+](=O)[O-])cc2Cl)CC1. The van der Waals surface area contributed by atoms with Gasteiger partial charge in [0.05, 0.1) is 21.4 Å². The average Bonchev–Trinajstić information content (AvgIpc) is 2.43. The van der Waals surface area contributed by atoms with Crippen LogP contribution in [0.25, 0.3) is 0 Å². The van der Waals surface area contributed by atoms with E-state index in [1.807, 2.05) is 6.92 Å². The highest BCUT2D eigenvalue weighted by Gasteiger charge is 2.29. The largest absolute Gasteiger partial charge is 0.299 e. The number of hydrogen-bond acceptors (Lipinski definition) is 4. The second-order valence-electron chi connectivity index (χ2n) is 5.48. The van der Waals surface area contributed by atoms with Crippen LogP contribution in [-0.2, 0) is 6.54 Å². The van der Waals surface area contributed by atoms with Crippen molar-refractivity contribution in [1.29, 1.82) is 5.26 Å². The molecule has 1 aliphatic heterocycles. The predicted molar refractivity (Wildman–Crippen MR) is 76.3 cm³/mol. The van der Waals surface area contributed by atoms with E-state index in [9.17, 15) is 10.1 Å². The Labute approximate surface area is 122 Å². The Balaban J connectivity index is 2.02. The number of nitrogens with zero attached hydrogens (tertiary/aromatic N) is 3. The molecule has 0 saturated carbocycles. The maximum atomic E-state index is 10.7. The molecule has 0 radical (unpaired) electrons. The summed E-state index contributed by atoms with van der Waals surface area (Å²) in [5.74, 6) is 0. The summed E-state index contributed by atoms with van der Waals surface area (Å²) in [6.07, 6.45) is 1.68. The molecule has 0 aromatic heterocycles. The van der Waals surface area contributed by atoms with E-state index in [1.165, 1.54) is 12.1 Å². The van der Waals surface area contributed by atoms with Crippen LogP contribution in [0.2, 0.25) is 5.02 Å². The molecule has 0 bridgehead atoms. The first-order valence-corrected chi connectivity index (χ1v) is 6.88. The zero-order valence-corrected chi connectivity index (χ0v) is 12.1. The molecule has 20 heavy (non-hydrogen) atoms. The average molecular weight is 294 g/mol. The number of nitro groups is 1. The normalized spacial score (nSPS) is 18.4. The van der Waals surface area contributed by atoms with E-state index in [0.29, 0.717) is 11.6 Å². The molecule has 1 aromatic rings. The third kappa shape index (κ3) is 3.27. The van der Waals surface area contributed by atoms with Crippen molar-refractivity contribution in [2.24, 2.45) is 5.41 Å². The van der Waals surface area contributed by atoms with Gasteiger partial charge in [0.1, 0.15) is 0 Å². The molecule has 0 amide bonds. The van der Waals surface area contributed by atoms with Crippen LogP contribution in [0, 0.1) is 26.9 Å². The lowest BCUT2D eigenvalue weighted by Crippen LogP contribution is -2.37. The van der Waals surface area contributed by atoms with Crippen molar-refractivity contribution in [3.05, 3.63) is 38.9 Å². The molecule has 1 aromatic carbocycles. The number of nitriles is 1. The van der Waals surface area contributed by atoms with Crippen molar-refractivity contribution in [2.75, 3.05) is 13.1 Å². The van der Waals surface area contributed by atoms with Crippen LogP contribution in [-0.4, -0.2) is 22.9 Å². The molecule has 1 fully saturated rings. The zero-order valence-electron chi connectivity index (χ0n) is 11.3. The minimum atomic E-state index is -0.449. The molecule has 1 saturated heterocycles. The molecule has 6 heteroatoms. The molecule has 106 valence electrons. The molecular formula is C14H16ClN3O2. The number of piperidine rings is 1. The maximum Gasteiger partial charge on any atom is 0.270 e. The third-order valence-electron chi connectivity index (χ3n) is 3.87. The van der Waals surface area contributed by atoms with Crippen LogP contribution in [0.3, 0.4) is 0 Å². The van der Waals surface area contributed by atoms with Gasteiger partial charge in [-0.2, -0.15) is 5.26 Å². The highest BCUT2D eigenvalue weighted by molar-refractivity contribution is 6.31. The summed E-state index contributed by atoms with van der Waals surface area (Å²) in [7, 11) is 0. The maximum absolute atomic E-state index is 10.7. The third-order valence-corrected chi connectivity index (χ3v) is 4.22. The minimum Gasteiger partial charge on any atom is -0.299 e. The van der Waals surface area contributed by atoms with Gasteiger partial charge in [0.25, 0.3) is 5.69 Å². The van der Waals surface area contributed by atoms with Crippen LogP contribution in [0.1, 0.15) is 25.3 Å². The van der Waals surface area contributed by atoms with Gasteiger partial charge in [0.2, 0.25) is 0 Å². The van der Waals surface area contributed by atoms with Crippen molar-refractivity contribution in [3.8, 4) is 6.07 Å². The molecule has 0 spiro atoms. The number of rotatable bonds is 3. The van der Waals surface area contributed by atoms with Gasteiger partial charge in [-0.15, -0.1) is 0 Å². The van der Waals surface area contributed by atoms with Gasteiger partial charge in [0.15, 0.2) is 0 Å². The van der Waals surface area contributed by atoms with E-state index in [4.69, 9.17) is 16.9 Å². The number of nitro benzene ring substituents is 1. The number of halogens is 1. The monoisotopic (exact) mass is 293 g/mol. The van der Waals surface area contributed by atoms with Crippen LogP contribution in [0.5, 0.6) is 0 Å². The first-order valence-electron chi connectivity index (χ1n) is 6.50. The lowest BCUT2D eigenvalue weighted by Gasteiger charge is -2.35. The predicted octanol–water partition coefficient (Wildman–Crippen LogP) is 3.37. The number of hydrogen-bond donors (Lipinski definition) is 0. The Morgan fingerprint density at radius 3 is 2.65 bits per heavy atom. The van der Waals surface area contributed by atoms with Crippen LogP contribution in [0.4, 0.5) is 5.69 Å².